The lowest BCUT2D eigenvalue weighted by molar-refractivity contribution is -0.146. The van der Waals surface area contributed by atoms with E-state index in [9.17, 15) is 27.9 Å². The maximum Gasteiger partial charge on any atom is 0.308 e. The van der Waals surface area contributed by atoms with Crippen LogP contribution in [0, 0.1) is 11.8 Å². The number of H-pyrrole nitrogens is 1. The third-order valence-electron chi connectivity index (χ3n) is 5.06. The Morgan fingerprint density at radius 2 is 1.94 bits per heavy atom. The Morgan fingerprint density at radius 1 is 1.24 bits per heavy atom. The topological polar surface area (TPSA) is 193 Å². The average molecular weight is 481 g/mol. The quantitative estimate of drug-likeness (QED) is 0.293. The summed E-state index contributed by atoms with van der Waals surface area (Å²) in [5, 5.41) is 25.3. The third-order valence-corrected chi connectivity index (χ3v) is 6.51. The van der Waals surface area contributed by atoms with Gasteiger partial charge in [-0.05, 0) is 60.4 Å². The minimum atomic E-state index is -4.25. The minimum Gasteiger partial charge on any atom is -0.481 e. The van der Waals surface area contributed by atoms with Gasteiger partial charge in [0.05, 0.1) is 23.8 Å². The molecule has 0 aliphatic heterocycles. The molecule has 2 unspecified atom stereocenters. The summed E-state index contributed by atoms with van der Waals surface area (Å²) in [7, 11) is -4.25. The number of hydrogen-bond donors (Lipinski definition) is 4. The van der Waals surface area contributed by atoms with E-state index in [0.29, 0.717) is 24.2 Å². The largest absolute Gasteiger partial charge is 0.481 e. The van der Waals surface area contributed by atoms with Gasteiger partial charge >= 0.3 is 11.9 Å². The summed E-state index contributed by atoms with van der Waals surface area (Å²) >= 11 is 0. The van der Waals surface area contributed by atoms with Gasteiger partial charge < -0.3 is 15.2 Å². The van der Waals surface area contributed by atoms with Crippen molar-refractivity contribution in [2.24, 2.45) is 11.8 Å². The van der Waals surface area contributed by atoms with Crippen molar-refractivity contribution in [1.82, 2.24) is 30.7 Å². The number of aromatic nitrogens is 4. The number of sulfonamides is 1. The molecule has 0 saturated heterocycles. The van der Waals surface area contributed by atoms with Gasteiger partial charge in [0.2, 0.25) is 15.9 Å². The number of carboxylic acid groups (broad SMARTS) is 1. The van der Waals surface area contributed by atoms with Crippen LogP contribution >= 0.6 is 0 Å². The van der Waals surface area contributed by atoms with Crippen molar-refractivity contribution in [2.75, 3.05) is 13.2 Å². The molecule has 2 atom stereocenters. The zero-order chi connectivity index (χ0) is 24.0. The van der Waals surface area contributed by atoms with Crippen LogP contribution in [0.3, 0.4) is 0 Å². The zero-order valence-electron chi connectivity index (χ0n) is 17.7. The molecule has 1 aromatic heterocycles. The molecule has 13 nitrogen and oxygen atoms in total. The van der Waals surface area contributed by atoms with E-state index in [4.69, 9.17) is 4.74 Å². The second-order valence-electron chi connectivity index (χ2n) is 7.42. The van der Waals surface area contributed by atoms with Crippen LogP contribution in [0.15, 0.2) is 29.2 Å². The highest BCUT2D eigenvalue weighted by Gasteiger charge is 2.46. The number of rotatable bonds is 12. The fourth-order valence-corrected chi connectivity index (χ4v) is 4.52. The van der Waals surface area contributed by atoms with Gasteiger partial charge in [-0.3, -0.25) is 14.4 Å². The Hall–Kier alpha value is -3.39. The number of carbonyl (C=O) groups is 3. The molecular formula is C19H24N6O7S. The second kappa shape index (κ2) is 10.5. The average Bonchev–Trinajstić information content (AvgIpc) is 3.44. The van der Waals surface area contributed by atoms with Gasteiger partial charge in [-0.2, -0.15) is 4.72 Å². The van der Waals surface area contributed by atoms with E-state index in [1.807, 2.05) is 0 Å². The summed E-state index contributed by atoms with van der Waals surface area (Å²) in [5.74, 6) is -3.88. The molecule has 1 aromatic carbocycles. The number of carboxylic acids is 1. The van der Waals surface area contributed by atoms with Gasteiger partial charge in [0, 0.05) is 12.1 Å². The van der Waals surface area contributed by atoms with Crippen LogP contribution in [0.25, 0.3) is 11.4 Å². The summed E-state index contributed by atoms with van der Waals surface area (Å²) in [6.45, 7) is 1.71. The zero-order valence-corrected chi connectivity index (χ0v) is 18.5. The van der Waals surface area contributed by atoms with Crippen LogP contribution < -0.4 is 10.0 Å². The first-order valence-electron chi connectivity index (χ1n) is 10.3. The Bertz CT molecular complexity index is 1080. The number of carbonyl (C=O) groups excluding carboxylic acids is 2. The number of hydrogen-bond acceptors (Lipinski definition) is 9. The highest BCUT2D eigenvalue weighted by atomic mass is 32.2. The summed E-state index contributed by atoms with van der Waals surface area (Å²) in [5.41, 5.74) is 0.536. The lowest BCUT2D eigenvalue weighted by Gasteiger charge is -2.24. The van der Waals surface area contributed by atoms with Gasteiger partial charge in [0.25, 0.3) is 0 Å². The fraction of sp³-hybridized carbons (Fsp3) is 0.474. The molecule has 178 valence electrons. The lowest BCUT2D eigenvalue weighted by atomic mass is 9.94. The van der Waals surface area contributed by atoms with E-state index in [1.165, 1.54) is 24.3 Å². The summed E-state index contributed by atoms with van der Waals surface area (Å²) in [6, 6.07) is 3.98. The molecule has 0 bridgehead atoms. The van der Waals surface area contributed by atoms with Crippen molar-refractivity contribution >= 4 is 27.9 Å². The van der Waals surface area contributed by atoms with Crippen LogP contribution in [0.5, 0.6) is 0 Å². The lowest BCUT2D eigenvalue weighted by Crippen LogP contribution is -2.53. The molecule has 0 radical (unpaired) electrons. The SMILES string of the molecule is CCOC(=O)CCNC(=O)C(NS(=O)(=O)c1ccc(-c2nnn[nH]2)cc1)C(C(=O)O)C1CC1. The van der Waals surface area contributed by atoms with E-state index in [0.717, 1.165) is 0 Å². The fourth-order valence-electron chi connectivity index (χ4n) is 3.30. The second-order valence-corrected chi connectivity index (χ2v) is 9.13. The highest BCUT2D eigenvalue weighted by Crippen LogP contribution is 2.39. The number of nitrogens with one attached hydrogen (secondary N) is 3. The molecule has 1 amide bonds. The number of amides is 1. The van der Waals surface area contributed by atoms with Gasteiger partial charge in [-0.1, -0.05) is 0 Å². The van der Waals surface area contributed by atoms with Gasteiger partial charge in [0.15, 0.2) is 5.82 Å². The first-order chi connectivity index (χ1) is 15.7. The summed E-state index contributed by atoms with van der Waals surface area (Å²) in [6.07, 6.45) is 1.02. The molecule has 0 spiro atoms. The van der Waals surface area contributed by atoms with Crippen LogP contribution in [0.4, 0.5) is 0 Å². The molecule has 2 aromatic rings. The van der Waals surface area contributed by atoms with E-state index in [1.54, 1.807) is 6.92 Å². The molecule has 1 aliphatic carbocycles. The molecule has 1 heterocycles. The maximum atomic E-state index is 13.0. The molecule has 1 saturated carbocycles. The molecule has 1 aliphatic rings. The van der Waals surface area contributed by atoms with E-state index in [-0.39, 0.29) is 30.4 Å². The van der Waals surface area contributed by atoms with Crippen LogP contribution in [0.2, 0.25) is 0 Å². The molecule has 4 N–H and O–H groups in total. The Labute approximate surface area is 189 Å². The van der Waals surface area contributed by atoms with Crippen molar-refractivity contribution in [1.29, 1.82) is 0 Å². The number of aliphatic carboxylic acids is 1. The first kappa shape index (κ1) is 24.3. The Balaban J connectivity index is 1.77. The Morgan fingerprint density at radius 3 is 2.48 bits per heavy atom. The highest BCUT2D eigenvalue weighted by molar-refractivity contribution is 7.89. The normalized spacial score (nSPS) is 15.4. The monoisotopic (exact) mass is 480 g/mol. The number of tetrazole rings is 1. The van der Waals surface area contributed by atoms with Crippen molar-refractivity contribution in [3.8, 4) is 11.4 Å². The molecular weight excluding hydrogens is 456 g/mol. The maximum absolute atomic E-state index is 13.0. The van der Waals surface area contributed by atoms with Crippen molar-refractivity contribution < 1.29 is 32.6 Å². The number of benzene rings is 1. The summed E-state index contributed by atoms with van der Waals surface area (Å²) in [4.78, 5) is 36.0. The first-order valence-corrected chi connectivity index (χ1v) is 11.7. The molecule has 3 rings (SSSR count). The van der Waals surface area contributed by atoms with Gasteiger partial charge in [0.1, 0.15) is 6.04 Å². The van der Waals surface area contributed by atoms with E-state index >= 15 is 0 Å². The molecule has 1 fully saturated rings. The number of aromatic amines is 1. The van der Waals surface area contributed by atoms with Gasteiger partial charge in [-0.25, -0.2) is 13.5 Å². The predicted molar refractivity (Wildman–Crippen MR) is 112 cm³/mol. The third kappa shape index (κ3) is 6.32. The van der Waals surface area contributed by atoms with Crippen molar-refractivity contribution in [2.45, 2.75) is 37.1 Å². The number of esters is 1. The van der Waals surface area contributed by atoms with Crippen LogP contribution in [0.1, 0.15) is 26.2 Å². The number of ether oxygens (including phenoxy) is 1. The standard InChI is InChI=1S/C19H24N6O7S/c1-2-32-14(26)9-10-20-18(27)16(15(19(28)29)11-3-4-11)23-33(30,31)13-7-5-12(6-8-13)17-21-24-25-22-17/h5-8,11,15-16,23H,2-4,9-10H2,1H3,(H,20,27)(H,28,29)(H,21,22,24,25). The molecule has 33 heavy (non-hydrogen) atoms. The van der Waals surface area contributed by atoms with Gasteiger partial charge in [-0.15, -0.1) is 5.10 Å². The number of nitrogens with zero attached hydrogens (tertiary/aromatic N) is 3. The predicted octanol–water partition coefficient (Wildman–Crippen LogP) is -0.306. The summed E-state index contributed by atoms with van der Waals surface area (Å²) < 4.78 is 33.0. The van der Waals surface area contributed by atoms with Crippen molar-refractivity contribution in [3.05, 3.63) is 24.3 Å². The smallest absolute Gasteiger partial charge is 0.308 e. The van der Waals surface area contributed by atoms with Crippen LogP contribution in [-0.4, -0.2) is 71.2 Å². The van der Waals surface area contributed by atoms with Crippen molar-refractivity contribution in [3.63, 3.8) is 0 Å². The van der Waals surface area contributed by atoms with E-state index < -0.39 is 39.8 Å². The molecule has 14 heteroatoms. The minimum absolute atomic E-state index is 0.118. The van der Waals surface area contributed by atoms with Crippen LogP contribution in [-0.2, 0) is 29.1 Å². The Kier molecular flexibility index (Phi) is 7.71. The van der Waals surface area contributed by atoms with E-state index in [2.05, 4.69) is 30.7 Å².